The van der Waals surface area contributed by atoms with Gasteiger partial charge in [-0.25, -0.2) is 0 Å². The number of carbonyl (C=O) groups is 1. The number of hydrogen-bond acceptors (Lipinski definition) is 5. The lowest BCUT2D eigenvalue weighted by Gasteiger charge is -2.32. The molecule has 1 aromatic carbocycles. The number of hydrogen-bond donors (Lipinski definition) is 3. The zero-order valence-electron chi connectivity index (χ0n) is 16.5. The Bertz CT molecular complexity index is 642. The van der Waals surface area contributed by atoms with Crippen LogP contribution in [-0.2, 0) is 11.3 Å². The highest BCUT2D eigenvalue weighted by atomic mass is 16.5. The molecule has 0 saturated carbocycles. The first kappa shape index (κ1) is 20.8. The molecule has 0 spiro atoms. The minimum Gasteiger partial charge on any atom is -0.493 e. The number of primary amides is 1. The Hall–Kier alpha value is -2.48. The molecule has 0 aromatic heterocycles. The maximum Gasteiger partial charge on any atom is 0.231 e. The largest absolute Gasteiger partial charge is 0.493 e. The topological polar surface area (TPSA) is 101 Å². The molecule has 1 fully saturated rings. The number of ether oxygens (including phenoxy) is 2. The van der Waals surface area contributed by atoms with Crippen molar-refractivity contribution in [1.82, 2.24) is 15.5 Å². The quantitative estimate of drug-likeness (QED) is 0.456. The van der Waals surface area contributed by atoms with Crippen LogP contribution in [0.25, 0.3) is 0 Å². The summed E-state index contributed by atoms with van der Waals surface area (Å²) in [5.41, 5.74) is 6.34. The summed E-state index contributed by atoms with van der Waals surface area (Å²) in [4.78, 5) is 17.4. The average molecular weight is 377 g/mol. The number of piperidine rings is 1. The van der Waals surface area contributed by atoms with E-state index in [0.29, 0.717) is 25.7 Å². The highest BCUT2D eigenvalue weighted by Gasteiger charge is 2.20. The van der Waals surface area contributed by atoms with Gasteiger partial charge >= 0.3 is 0 Å². The second kappa shape index (κ2) is 10.6. The van der Waals surface area contributed by atoms with Crippen molar-refractivity contribution in [2.45, 2.75) is 32.4 Å². The van der Waals surface area contributed by atoms with E-state index in [1.807, 2.05) is 25.1 Å². The zero-order valence-corrected chi connectivity index (χ0v) is 16.5. The second-order valence-electron chi connectivity index (χ2n) is 6.51. The van der Waals surface area contributed by atoms with Crippen LogP contribution in [-0.4, -0.2) is 63.2 Å². The van der Waals surface area contributed by atoms with Crippen molar-refractivity contribution in [2.24, 2.45) is 10.7 Å². The molecule has 1 saturated heterocycles. The molecule has 1 amide bonds. The van der Waals surface area contributed by atoms with Gasteiger partial charge in [0, 0.05) is 32.7 Å². The van der Waals surface area contributed by atoms with Gasteiger partial charge in [0.15, 0.2) is 17.5 Å². The highest BCUT2D eigenvalue weighted by molar-refractivity contribution is 5.80. The SMILES string of the molecule is CCOc1cc(CNC(=NC)NC2CCN(CC(N)=O)CC2)ccc1OC. The Morgan fingerprint density at radius 2 is 2.07 bits per heavy atom. The average Bonchev–Trinajstić information content (AvgIpc) is 2.66. The molecular weight excluding hydrogens is 346 g/mol. The summed E-state index contributed by atoms with van der Waals surface area (Å²) in [6.07, 6.45) is 1.90. The number of carbonyl (C=O) groups excluding carboxylic acids is 1. The standard InChI is InChI=1S/C19H31N5O3/c1-4-27-17-11-14(5-6-16(17)26-3)12-22-19(21-2)23-15-7-9-24(10-8-15)13-18(20)25/h5-6,11,15H,4,7-10,12-13H2,1-3H3,(H2,20,25)(H2,21,22,23). The normalized spacial score (nSPS) is 16.0. The molecule has 0 aliphatic carbocycles. The van der Waals surface area contributed by atoms with Crippen LogP contribution in [0.5, 0.6) is 11.5 Å². The van der Waals surface area contributed by atoms with Crippen LogP contribution >= 0.6 is 0 Å². The van der Waals surface area contributed by atoms with Gasteiger partial charge in [-0.15, -0.1) is 0 Å². The molecule has 0 atom stereocenters. The first-order valence-corrected chi connectivity index (χ1v) is 9.33. The molecule has 1 aromatic rings. The van der Waals surface area contributed by atoms with Gasteiger partial charge in [-0.1, -0.05) is 6.07 Å². The van der Waals surface area contributed by atoms with E-state index in [9.17, 15) is 4.79 Å². The van der Waals surface area contributed by atoms with E-state index in [1.54, 1.807) is 14.2 Å². The number of methoxy groups -OCH3 is 1. The lowest BCUT2D eigenvalue weighted by Crippen LogP contribution is -2.49. The van der Waals surface area contributed by atoms with Gasteiger partial charge in [0.05, 0.1) is 20.3 Å². The fourth-order valence-corrected chi connectivity index (χ4v) is 3.13. The fraction of sp³-hybridized carbons (Fsp3) is 0.579. The third-order valence-corrected chi connectivity index (χ3v) is 4.52. The molecule has 0 unspecified atom stereocenters. The van der Waals surface area contributed by atoms with Gasteiger partial charge in [-0.3, -0.25) is 14.7 Å². The Morgan fingerprint density at radius 3 is 2.67 bits per heavy atom. The van der Waals surface area contributed by atoms with Crippen LogP contribution in [0.4, 0.5) is 0 Å². The Morgan fingerprint density at radius 1 is 1.33 bits per heavy atom. The summed E-state index contributed by atoms with van der Waals surface area (Å²) in [7, 11) is 3.40. The van der Waals surface area contributed by atoms with E-state index >= 15 is 0 Å². The van der Waals surface area contributed by atoms with Crippen LogP contribution in [0.2, 0.25) is 0 Å². The molecule has 27 heavy (non-hydrogen) atoms. The molecular formula is C19H31N5O3. The smallest absolute Gasteiger partial charge is 0.231 e. The van der Waals surface area contributed by atoms with Gasteiger partial charge < -0.3 is 25.8 Å². The fourth-order valence-electron chi connectivity index (χ4n) is 3.13. The minimum atomic E-state index is -0.273. The summed E-state index contributed by atoms with van der Waals surface area (Å²) < 4.78 is 10.9. The predicted octanol–water partition coefficient (Wildman–Crippen LogP) is 0.709. The summed E-state index contributed by atoms with van der Waals surface area (Å²) in [6, 6.07) is 6.22. The zero-order chi connectivity index (χ0) is 19.6. The van der Waals surface area contributed by atoms with Crippen LogP contribution in [0.3, 0.4) is 0 Å². The summed E-state index contributed by atoms with van der Waals surface area (Å²) in [6.45, 7) is 5.21. The lowest BCUT2D eigenvalue weighted by atomic mass is 10.1. The van der Waals surface area contributed by atoms with E-state index in [0.717, 1.165) is 49.0 Å². The third kappa shape index (κ3) is 6.63. The van der Waals surface area contributed by atoms with E-state index in [-0.39, 0.29) is 5.91 Å². The van der Waals surface area contributed by atoms with Gasteiger partial charge in [-0.05, 0) is 37.5 Å². The Kier molecular flexibility index (Phi) is 8.19. The molecule has 150 valence electrons. The number of guanidine groups is 1. The molecule has 2 rings (SSSR count). The second-order valence-corrected chi connectivity index (χ2v) is 6.51. The summed E-state index contributed by atoms with van der Waals surface area (Å²) in [5.74, 6) is 1.96. The van der Waals surface area contributed by atoms with Crippen molar-refractivity contribution in [3.8, 4) is 11.5 Å². The van der Waals surface area contributed by atoms with Gasteiger partial charge in [-0.2, -0.15) is 0 Å². The monoisotopic (exact) mass is 377 g/mol. The number of nitrogens with two attached hydrogens (primary N) is 1. The molecule has 0 radical (unpaired) electrons. The van der Waals surface area contributed by atoms with Crippen LogP contribution in [0, 0.1) is 0 Å². The third-order valence-electron chi connectivity index (χ3n) is 4.52. The maximum atomic E-state index is 11.0. The van der Waals surface area contributed by atoms with E-state index in [2.05, 4.69) is 20.5 Å². The molecule has 1 aliphatic rings. The van der Waals surface area contributed by atoms with Gasteiger partial charge in [0.2, 0.25) is 5.91 Å². The van der Waals surface area contributed by atoms with E-state index in [4.69, 9.17) is 15.2 Å². The van der Waals surface area contributed by atoms with Crippen molar-refractivity contribution < 1.29 is 14.3 Å². The molecule has 8 heteroatoms. The maximum absolute atomic E-state index is 11.0. The number of amides is 1. The van der Waals surface area contributed by atoms with Crippen molar-refractivity contribution in [2.75, 3.05) is 40.4 Å². The molecule has 8 nitrogen and oxygen atoms in total. The minimum absolute atomic E-state index is 0.273. The first-order valence-electron chi connectivity index (χ1n) is 9.33. The van der Waals surface area contributed by atoms with E-state index in [1.165, 1.54) is 0 Å². The van der Waals surface area contributed by atoms with Gasteiger partial charge in [0.1, 0.15) is 0 Å². The summed E-state index contributed by atoms with van der Waals surface area (Å²) in [5, 5.41) is 6.79. The van der Waals surface area contributed by atoms with Crippen LogP contribution < -0.4 is 25.8 Å². The molecule has 1 heterocycles. The number of benzene rings is 1. The first-order chi connectivity index (χ1) is 13.0. The Balaban J connectivity index is 1.84. The molecule has 1 aliphatic heterocycles. The Labute approximate surface area is 161 Å². The number of likely N-dealkylation sites (tertiary alicyclic amines) is 1. The van der Waals surface area contributed by atoms with Gasteiger partial charge in [0.25, 0.3) is 0 Å². The highest BCUT2D eigenvalue weighted by Crippen LogP contribution is 2.27. The van der Waals surface area contributed by atoms with E-state index < -0.39 is 0 Å². The number of aliphatic imine (C=N–C) groups is 1. The number of nitrogens with one attached hydrogen (secondary N) is 2. The van der Waals surface area contributed by atoms with Crippen molar-refractivity contribution in [1.29, 1.82) is 0 Å². The number of rotatable bonds is 8. The predicted molar refractivity (Wildman–Crippen MR) is 106 cm³/mol. The summed E-state index contributed by atoms with van der Waals surface area (Å²) >= 11 is 0. The van der Waals surface area contributed by atoms with Crippen molar-refractivity contribution in [3.63, 3.8) is 0 Å². The van der Waals surface area contributed by atoms with Crippen molar-refractivity contribution >= 4 is 11.9 Å². The van der Waals surface area contributed by atoms with Crippen molar-refractivity contribution in [3.05, 3.63) is 23.8 Å². The molecule has 0 bridgehead atoms. The van der Waals surface area contributed by atoms with Crippen LogP contribution in [0.15, 0.2) is 23.2 Å². The lowest BCUT2D eigenvalue weighted by molar-refractivity contribution is -0.119. The van der Waals surface area contributed by atoms with Crippen LogP contribution in [0.1, 0.15) is 25.3 Å². The number of nitrogens with zero attached hydrogens (tertiary/aromatic N) is 2. The molecule has 4 N–H and O–H groups in total.